The molecule has 0 bridgehead atoms. The van der Waals surface area contributed by atoms with Crippen LogP contribution in [0.3, 0.4) is 0 Å². The van der Waals surface area contributed by atoms with E-state index >= 15 is 4.39 Å². The zero-order chi connectivity index (χ0) is 30.1. The number of aromatic nitrogens is 2. The highest BCUT2D eigenvalue weighted by atomic mass is 19.1. The Morgan fingerprint density at radius 1 is 1.21 bits per heavy atom. The maximum Gasteiger partial charge on any atom is 0.343 e. The number of amides is 1. The minimum atomic E-state index is -1.93. The smallest absolute Gasteiger partial charge is 0.343 e. The Morgan fingerprint density at radius 2 is 1.98 bits per heavy atom. The zero-order valence-corrected chi connectivity index (χ0v) is 24.9. The van der Waals surface area contributed by atoms with Crippen molar-refractivity contribution in [3.05, 3.63) is 61.7 Å². The first-order chi connectivity index (χ1) is 19.8. The fourth-order valence-electron chi connectivity index (χ4n) is 6.91. The van der Waals surface area contributed by atoms with Gasteiger partial charge in [-0.3, -0.25) is 9.59 Å². The van der Waals surface area contributed by atoms with Crippen LogP contribution in [0.5, 0.6) is 0 Å². The maximum absolute atomic E-state index is 15.1. The lowest BCUT2D eigenvalue weighted by atomic mass is 9.81. The van der Waals surface area contributed by atoms with Gasteiger partial charge in [0.1, 0.15) is 12.4 Å². The van der Waals surface area contributed by atoms with Gasteiger partial charge in [-0.2, -0.15) is 0 Å². The number of fused-ring (bicyclic) bond motifs is 5. The number of rotatable bonds is 6. The third-order valence-corrected chi connectivity index (χ3v) is 9.29. The van der Waals surface area contributed by atoms with Crippen molar-refractivity contribution in [3.63, 3.8) is 0 Å². The predicted octanol–water partition coefficient (Wildman–Crippen LogP) is 5.24. The van der Waals surface area contributed by atoms with E-state index in [2.05, 4.69) is 26.1 Å². The fourth-order valence-corrected chi connectivity index (χ4v) is 6.91. The van der Waals surface area contributed by atoms with Gasteiger partial charge in [-0.15, -0.1) is 0 Å². The number of aryl methyl sites for hydroxylation is 1. The lowest BCUT2D eigenvalue weighted by Gasteiger charge is -2.31. The molecule has 6 rings (SSSR count). The predicted molar refractivity (Wildman–Crippen MR) is 156 cm³/mol. The molecule has 0 spiro atoms. The van der Waals surface area contributed by atoms with Crippen LogP contribution in [0.4, 0.5) is 4.39 Å². The molecule has 3 aliphatic rings. The SMILES string of the molecule is CC[C@@]1(O)C(=O)OCc2c1cc1n(c2=O)Cc2c-1nc1cc(F)c(C)c3c1c2[C@@H](NC(=O)CCCCC(C)(C)C)CC3. The maximum atomic E-state index is 15.1. The normalized spacial score (nSPS) is 20.6. The number of carbonyl (C=O) groups is 2. The summed E-state index contributed by atoms with van der Waals surface area (Å²) in [6.45, 7) is 10.0. The molecule has 2 atom stereocenters. The molecule has 222 valence electrons. The van der Waals surface area contributed by atoms with Crippen LogP contribution in [-0.4, -0.2) is 26.5 Å². The minimum Gasteiger partial charge on any atom is -0.458 e. The summed E-state index contributed by atoms with van der Waals surface area (Å²) in [7, 11) is 0. The molecule has 0 radical (unpaired) electrons. The molecule has 3 aromatic rings. The average molecular weight is 576 g/mol. The Bertz CT molecular complexity index is 1720. The number of carbonyl (C=O) groups excluding carboxylic acids is 2. The van der Waals surface area contributed by atoms with Crippen molar-refractivity contribution in [2.75, 3.05) is 0 Å². The molecule has 2 aromatic heterocycles. The number of halogens is 1. The third kappa shape index (κ3) is 4.44. The van der Waals surface area contributed by atoms with E-state index in [1.807, 2.05) is 0 Å². The molecule has 1 aromatic carbocycles. The Hall–Kier alpha value is -3.59. The Kier molecular flexibility index (Phi) is 6.79. The molecule has 1 amide bonds. The molecule has 2 N–H and O–H groups in total. The van der Waals surface area contributed by atoms with E-state index in [1.54, 1.807) is 24.5 Å². The van der Waals surface area contributed by atoms with E-state index in [9.17, 15) is 19.5 Å². The van der Waals surface area contributed by atoms with Crippen LogP contribution in [0, 0.1) is 18.2 Å². The van der Waals surface area contributed by atoms with Crippen LogP contribution in [-0.2, 0) is 39.5 Å². The van der Waals surface area contributed by atoms with E-state index in [0.717, 1.165) is 41.3 Å². The first kappa shape index (κ1) is 28.5. The molecule has 0 saturated carbocycles. The molecule has 1 aliphatic carbocycles. The van der Waals surface area contributed by atoms with Crippen LogP contribution >= 0.6 is 0 Å². The van der Waals surface area contributed by atoms with E-state index in [0.29, 0.717) is 41.7 Å². The standard InChI is InChI=1S/C33H38FN3O5/c1-6-33(41)21-13-25-29-19(15-37(25)30(39)20(21)16-42-31(33)40)28-23(35-26(38)9-7-8-12-32(3,4)5)11-10-18-17(2)22(34)14-24(36-29)27(18)28/h13-14,23,41H,6-12,15-16H2,1-5H3,(H,35,38)/t23-,33-/m0/s1. The second-order valence-electron chi connectivity index (χ2n) is 13.2. The Balaban J connectivity index is 1.46. The number of pyridine rings is 2. The van der Waals surface area contributed by atoms with Crippen molar-refractivity contribution >= 4 is 22.8 Å². The summed E-state index contributed by atoms with van der Waals surface area (Å²) in [5, 5.41) is 15.3. The molecule has 42 heavy (non-hydrogen) atoms. The van der Waals surface area contributed by atoms with Gasteiger partial charge < -0.3 is 19.7 Å². The quantitative estimate of drug-likeness (QED) is 0.240. The van der Waals surface area contributed by atoms with E-state index in [-0.39, 0.29) is 59.4 Å². The van der Waals surface area contributed by atoms with Gasteiger partial charge in [0.2, 0.25) is 5.91 Å². The van der Waals surface area contributed by atoms with E-state index in [1.165, 1.54) is 6.07 Å². The summed E-state index contributed by atoms with van der Waals surface area (Å²) in [4.78, 5) is 44.3. The number of aliphatic hydroxyl groups is 1. The summed E-state index contributed by atoms with van der Waals surface area (Å²) in [5.74, 6) is -1.16. The number of hydrogen-bond donors (Lipinski definition) is 2. The summed E-state index contributed by atoms with van der Waals surface area (Å²) in [5.41, 5.74) is 2.99. The topological polar surface area (TPSA) is 111 Å². The Morgan fingerprint density at radius 3 is 2.69 bits per heavy atom. The third-order valence-electron chi connectivity index (χ3n) is 9.29. The van der Waals surface area contributed by atoms with Crippen molar-refractivity contribution in [1.29, 1.82) is 0 Å². The second kappa shape index (κ2) is 10.0. The number of nitrogens with zero attached hydrogens (tertiary/aromatic N) is 2. The van der Waals surface area contributed by atoms with Gasteiger partial charge in [-0.1, -0.05) is 34.1 Å². The van der Waals surface area contributed by atoms with Crippen molar-refractivity contribution in [1.82, 2.24) is 14.9 Å². The highest BCUT2D eigenvalue weighted by Gasteiger charge is 2.46. The van der Waals surface area contributed by atoms with E-state index < -0.39 is 11.6 Å². The first-order valence-corrected chi connectivity index (χ1v) is 14.9. The highest BCUT2D eigenvalue weighted by molar-refractivity contribution is 5.94. The van der Waals surface area contributed by atoms with Crippen LogP contribution < -0.4 is 10.9 Å². The number of hydrogen-bond acceptors (Lipinski definition) is 6. The molecule has 2 aliphatic heterocycles. The molecule has 0 saturated heterocycles. The molecule has 8 nitrogen and oxygen atoms in total. The Labute approximate surface area is 244 Å². The van der Waals surface area contributed by atoms with Gasteiger partial charge in [0.15, 0.2) is 5.60 Å². The average Bonchev–Trinajstić information content (AvgIpc) is 3.30. The second-order valence-corrected chi connectivity index (χ2v) is 13.2. The van der Waals surface area contributed by atoms with Gasteiger partial charge in [0, 0.05) is 29.0 Å². The number of ether oxygens (including phenoxy) is 1. The monoisotopic (exact) mass is 575 g/mol. The van der Waals surface area contributed by atoms with Crippen molar-refractivity contribution < 1.29 is 23.8 Å². The number of unbranched alkanes of at least 4 members (excludes halogenated alkanes) is 1. The van der Waals surface area contributed by atoms with Gasteiger partial charge >= 0.3 is 5.97 Å². The largest absolute Gasteiger partial charge is 0.458 e. The lowest BCUT2D eigenvalue weighted by molar-refractivity contribution is -0.172. The number of nitrogens with one attached hydrogen (secondary N) is 1. The summed E-state index contributed by atoms with van der Waals surface area (Å²) >= 11 is 0. The molecular formula is C33H38FN3O5. The molecule has 0 fully saturated rings. The van der Waals surface area contributed by atoms with Gasteiger partial charge in [0.05, 0.1) is 35.1 Å². The van der Waals surface area contributed by atoms with Crippen molar-refractivity contribution in [3.8, 4) is 11.4 Å². The molecular weight excluding hydrogens is 537 g/mol. The van der Waals surface area contributed by atoms with Crippen molar-refractivity contribution in [2.45, 2.75) is 104 Å². The highest BCUT2D eigenvalue weighted by Crippen LogP contribution is 2.46. The van der Waals surface area contributed by atoms with Crippen LogP contribution in [0.25, 0.3) is 22.3 Å². The minimum absolute atomic E-state index is 0.0262. The zero-order valence-electron chi connectivity index (χ0n) is 24.9. The molecule has 4 heterocycles. The summed E-state index contributed by atoms with van der Waals surface area (Å²) in [6.07, 6.45) is 4.49. The van der Waals surface area contributed by atoms with Crippen LogP contribution in [0.2, 0.25) is 0 Å². The molecule has 0 unspecified atom stereocenters. The van der Waals surface area contributed by atoms with Crippen LogP contribution in [0.1, 0.15) is 106 Å². The fraction of sp³-hybridized carbons (Fsp3) is 0.515. The van der Waals surface area contributed by atoms with Gasteiger partial charge in [0.25, 0.3) is 5.56 Å². The lowest BCUT2D eigenvalue weighted by Crippen LogP contribution is -2.44. The van der Waals surface area contributed by atoms with Crippen molar-refractivity contribution in [2.24, 2.45) is 5.41 Å². The van der Waals surface area contributed by atoms with Gasteiger partial charge in [-0.25, -0.2) is 14.2 Å². The number of benzene rings is 1. The number of esters is 1. The summed E-state index contributed by atoms with van der Waals surface area (Å²) in [6, 6.07) is 2.77. The van der Waals surface area contributed by atoms with Gasteiger partial charge in [-0.05, 0) is 67.2 Å². The number of cyclic esters (lactones) is 1. The molecule has 9 heteroatoms. The van der Waals surface area contributed by atoms with Crippen LogP contribution in [0.15, 0.2) is 16.9 Å². The summed E-state index contributed by atoms with van der Waals surface area (Å²) < 4.78 is 21.9. The first-order valence-electron chi connectivity index (χ1n) is 14.9. The van der Waals surface area contributed by atoms with E-state index in [4.69, 9.17) is 9.72 Å².